The second kappa shape index (κ2) is 8.47. The zero-order chi connectivity index (χ0) is 19.3. The fourth-order valence-electron chi connectivity index (χ4n) is 2.19. The number of esters is 1. The Balaban J connectivity index is 1.91. The number of carbonyl (C=O) groups excluding carboxylic acids is 2. The number of hydrogen-bond acceptors (Lipinski definition) is 4. The minimum Gasteiger partial charge on any atom is -0.479 e. The third-order valence-corrected chi connectivity index (χ3v) is 3.77. The number of hydrogen-bond donors (Lipinski definition) is 1. The molecule has 0 aliphatic heterocycles. The molecule has 2 atom stereocenters. The van der Waals surface area contributed by atoms with Crippen molar-refractivity contribution in [3.63, 3.8) is 0 Å². The van der Waals surface area contributed by atoms with Crippen molar-refractivity contribution in [2.24, 2.45) is 0 Å². The zero-order valence-corrected chi connectivity index (χ0v) is 15.2. The first-order chi connectivity index (χ1) is 12.3. The van der Waals surface area contributed by atoms with Crippen LogP contribution in [-0.4, -0.2) is 24.1 Å². The molecule has 0 radical (unpaired) electrons. The van der Waals surface area contributed by atoms with Crippen molar-refractivity contribution in [1.82, 2.24) is 0 Å². The van der Waals surface area contributed by atoms with Gasteiger partial charge in [-0.3, -0.25) is 4.79 Å². The maximum absolute atomic E-state index is 12.9. The van der Waals surface area contributed by atoms with Gasteiger partial charge in [0.15, 0.2) is 12.2 Å². The van der Waals surface area contributed by atoms with Crippen molar-refractivity contribution < 1.29 is 23.5 Å². The van der Waals surface area contributed by atoms with Gasteiger partial charge in [-0.15, -0.1) is 0 Å². The summed E-state index contributed by atoms with van der Waals surface area (Å²) in [5.41, 5.74) is 2.60. The van der Waals surface area contributed by atoms with Gasteiger partial charge >= 0.3 is 5.97 Å². The molecule has 2 rings (SSSR count). The predicted molar refractivity (Wildman–Crippen MR) is 96.6 cm³/mol. The van der Waals surface area contributed by atoms with Crippen LogP contribution in [0.3, 0.4) is 0 Å². The van der Waals surface area contributed by atoms with Crippen LogP contribution < -0.4 is 10.1 Å². The smallest absolute Gasteiger partial charge is 0.347 e. The van der Waals surface area contributed by atoms with Gasteiger partial charge in [0, 0.05) is 5.69 Å². The molecule has 0 saturated heterocycles. The molecule has 0 saturated carbocycles. The maximum atomic E-state index is 12.9. The maximum Gasteiger partial charge on any atom is 0.347 e. The molecule has 0 aliphatic carbocycles. The van der Waals surface area contributed by atoms with Gasteiger partial charge < -0.3 is 14.8 Å². The Hall–Kier alpha value is -2.89. The lowest BCUT2D eigenvalue weighted by Crippen LogP contribution is -2.35. The molecule has 2 aromatic carbocycles. The van der Waals surface area contributed by atoms with Gasteiger partial charge in [-0.2, -0.15) is 0 Å². The predicted octanol–water partition coefficient (Wildman–Crippen LogP) is 3.78. The molecule has 0 spiro atoms. The molecule has 0 bridgehead atoms. The molecule has 0 aliphatic rings. The molecule has 26 heavy (non-hydrogen) atoms. The average Bonchev–Trinajstić information content (AvgIpc) is 2.59. The number of amides is 1. The number of carbonyl (C=O) groups is 2. The van der Waals surface area contributed by atoms with Gasteiger partial charge in [-0.05, 0) is 69.2 Å². The third kappa shape index (κ3) is 5.31. The van der Waals surface area contributed by atoms with E-state index in [4.69, 9.17) is 9.47 Å². The summed E-state index contributed by atoms with van der Waals surface area (Å²) in [6.45, 7) is 6.79. The average molecular weight is 359 g/mol. The first kappa shape index (κ1) is 19.4. The highest BCUT2D eigenvalue weighted by Gasteiger charge is 2.23. The van der Waals surface area contributed by atoms with Crippen molar-refractivity contribution in [3.05, 3.63) is 59.4 Å². The lowest BCUT2D eigenvalue weighted by atomic mass is 10.1. The zero-order valence-electron chi connectivity index (χ0n) is 15.2. The molecule has 1 amide bonds. The normalized spacial score (nSPS) is 12.8. The van der Waals surface area contributed by atoms with E-state index >= 15 is 0 Å². The van der Waals surface area contributed by atoms with Crippen molar-refractivity contribution in [3.8, 4) is 5.75 Å². The number of ether oxygens (including phenoxy) is 2. The van der Waals surface area contributed by atoms with E-state index in [9.17, 15) is 14.0 Å². The van der Waals surface area contributed by atoms with Crippen LogP contribution in [0.5, 0.6) is 5.75 Å². The van der Waals surface area contributed by atoms with Crippen LogP contribution >= 0.6 is 0 Å². The summed E-state index contributed by atoms with van der Waals surface area (Å²) in [6, 6.07) is 11.0. The van der Waals surface area contributed by atoms with Gasteiger partial charge in [0.25, 0.3) is 5.91 Å². The molecule has 5 nitrogen and oxygen atoms in total. The number of halogens is 1. The van der Waals surface area contributed by atoms with Crippen LogP contribution in [0.25, 0.3) is 0 Å². The Kier molecular flexibility index (Phi) is 6.33. The molecule has 0 aromatic heterocycles. The summed E-state index contributed by atoms with van der Waals surface area (Å²) in [7, 11) is 0. The molecule has 1 N–H and O–H groups in total. The van der Waals surface area contributed by atoms with Crippen LogP contribution in [0.15, 0.2) is 42.5 Å². The van der Waals surface area contributed by atoms with Crippen LogP contribution in [-0.2, 0) is 14.3 Å². The van der Waals surface area contributed by atoms with E-state index in [1.165, 1.54) is 38.1 Å². The first-order valence-corrected chi connectivity index (χ1v) is 8.27. The van der Waals surface area contributed by atoms with Gasteiger partial charge in [0.1, 0.15) is 11.6 Å². The van der Waals surface area contributed by atoms with E-state index in [0.29, 0.717) is 11.4 Å². The Morgan fingerprint density at radius 2 is 1.65 bits per heavy atom. The third-order valence-electron chi connectivity index (χ3n) is 3.77. The second-order valence-corrected chi connectivity index (χ2v) is 6.10. The summed E-state index contributed by atoms with van der Waals surface area (Å²) < 4.78 is 23.4. The molecule has 0 heterocycles. The van der Waals surface area contributed by atoms with E-state index in [2.05, 4.69) is 5.32 Å². The second-order valence-electron chi connectivity index (χ2n) is 6.10. The summed E-state index contributed by atoms with van der Waals surface area (Å²) >= 11 is 0. The Labute approximate surface area is 152 Å². The minimum absolute atomic E-state index is 0.336. The largest absolute Gasteiger partial charge is 0.479 e. The SMILES string of the molecule is Cc1ccc(C)c(NC(=O)[C@H](C)OC(=O)[C@@H](C)Oc2ccc(F)cc2)c1. The van der Waals surface area contributed by atoms with Gasteiger partial charge in [0.05, 0.1) is 0 Å². The van der Waals surface area contributed by atoms with Crippen LogP contribution in [0, 0.1) is 19.7 Å². The number of anilines is 1. The van der Waals surface area contributed by atoms with Crippen molar-refractivity contribution in [2.75, 3.05) is 5.32 Å². The molecule has 138 valence electrons. The Bertz CT molecular complexity index is 789. The summed E-state index contributed by atoms with van der Waals surface area (Å²) in [5.74, 6) is -1.17. The highest BCUT2D eigenvalue weighted by molar-refractivity contribution is 5.96. The topological polar surface area (TPSA) is 64.6 Å². The summed E-state index contributed by atoms with van der Waals surface area (Å²) in [6.07, 6.45) is -1.92. The Morgan fingerprint density at radius 1 is 1.00 bits per heavy atom. The van der Waals surface area contributed by atoms with Gasteiger partial charge in [-0.1, -0.05) is 12.1 Å². The number of aryl methyl sites for hydroxylation is 2. The van der Waals surface area contributed by atoms with Crippen molar-refractivity contribution in [2.45, 2.75) is 39.9 Å². The number of nitrogens with one attached hydrogen (secondary N) is 1. The summed E-state index contributed by atoms with van der Waals surface area (Å²) in [4.78, 5) is 24.4. The fourth-order valence-corrected chi connectivity index (χ4v) is 2.19. The van der Waals surface area contributed by atoms with Crippen molar-refractivity contribution >= 4 is 17.6 Å². The first-order valence-electron chi connectivity index (χ1n) is 8.27. The van der Waals surface area contributed by atoms with E-state index in [-0.39, 0.29) is 0 Å². The van der Waals surface area contributed by atoms with E-state index in [0.717, 1.165) is 11.1 Å². The lowest BCUT2D eigenvalue weighted by molar-refractivity contribution is -0.159. The minimum atomic E-state index is -0.985. The number of rotatable bonds is 6. The quantitative estimate of drug-likeness (QED) is 0.797. The fraction of sp³-hybridized carbons (Fsp3) is 0.300. The molecule has 0 unspecified atom stereocenters. The number of benzene rings is 2. The van der Waals surface area contributed by atoms with Crippen LogP contribution in [0.2, 0.25) is 0 Å². The van der Waals surface area contributed by atoms with Crippen LogP contribution in [0.1, 0.15) is 25.0 Å². The van der Waals surface area contributed by atoms with Crippen molar-refractivity contribution in [1.29, 1.82) is 0 Å². The molecule has 6 heteroatoms. The molecule has 0 fully saturated rings. The standard InChI is InChI=1S/C20H22FNO4/c1-12-5-6-13(2)18(11-12)22-19(23)14(3)26-20(24)15(4)25-17-9-7-16(21)8-10-17/h5-11,14-15H,1-4H3,(H,22,23)/t14-,15+/m0/s1. The Morgan fingerprint density at radius 3 is 2.31 bits per heavy atom. The van der Waals surface area contributed by atoms with Crippen LogP contribution in [0.4, 0.5) is 10.1 Å². The van der Waals surface area contributed by atoms with E-state index < -0.39 is 29.9 Å². The summed E-state index contributed by atoms with van der Waals surface area (Å²) in [5, 5.41) is 2.75. The lowest BCUT2D eigenvalue weighted by Gasteiger charge is -2.18. The van der Waals surface area contributed by atoms with Gasteiger partial charge in [-0.25, -0.2) is 9.18 Å². The molecule has 2 aromatic rings. The molecular formula is C20H22FNO4. The highest BCUT2D eigenvalue weighted by atomic mass is 19.1. The molecular weight excluding hydrogens is 337 g/mol. The van der Waals surface area contributed by atoms with E-state index in [1.54, 1.807) is 0 Å². The monoisotopic (exact) mass is 359 g/mol. The van der Waals surface area contributed by atoms with E-state index in [1.807, 2.05) is 32.0 Å². The van der Waals surface area contributed by atoms with Gasteiger partial charge in [0.2, 0.25) is 0 Å². The highest BCUT2D eigenvalue weighted by Crippen LogP contribution is 2.17.